The molecule has 8 nitrogen and oxygen atoms in total. The molecule has 5 heterocycles. The maximum absolute atomic E-state index is 6.43. The number of halogens is 1. The Morgan fingerprint density at radius 2 is 1.66 bits per heavy atom. The van der Waals surface area contributed by atoms with Crippen molar-refractivity contribution in [1.29, 1.82) is 0 Å². The van der Waals surface area contributed by atoms with Gasteiger partial charge in [-0.25, -0.2) is 9.97 Å². The van der Waals surface area contributed by atoms with Crippen LogP contribution < -0.4 is 9.80 Å². The normalized spacial score (nSPS) is 18.8. The van der Waals surface area contributed by atoms with E-state index in [1.165, 1.54) is 35.5 Å². The molecule has 3 aliphatic rings. The van der Waals surface area contributed by atoms with Gasteiger partial charge in [0.25, 0.3) is 0 Å². The van der Waals surface area contributed by atoms with Crippen molar-refractivity contribution < 1.29 is 4.74 Å². The third-order valence-electron chi connectivity index (χ3n) is 8.10. The molecule has 1 aliphatic carbocycles. The van der Waals surface area contributed by atoms with Crippen LogP contribution >= 0.6 is 11.6 Å². The van der Waals surface area contributed by atoms with E-state index in [1.54, 1.807) is 0 Å². The number of aromatic nitrogens is 5. The quantitative estimate of drug-likeness (QED) is 0.240. The van der Waals surface area contributed by atoms with Gasteiger partial charge in [-0.15, -0.1) is 0 Å². The van der Waals surface area contributed by atoms with Gasteiger partial charge in [0.1, 0.15) is 11.6 Å². The molecule has 0 N–H and O–H groups in total. The number of ether oxygens (including phenoxy) is 1. The number of aryl methyl sites for hydroxylation is 2. The lowest BCUT2D eigenvalue weighted by molar-refractivity contribution is 0.122. The number of benzene rings is 1. The van der Waals surface area contributed by atoms with E-state index in [0.29, 0.717) is 0 Å². The summed E-state index contributed by atoms with van der Waals surface area (Å²) < 4.78 is 7.80. The van der Waals surface area contributed by atoms with Crippen molar-refractivity contribution >= 4 is 39.8 Å². The molecule has 220 valence electrons. The molecule has 0 spiro atoms. The third-order valence-corrected chi connectivity index (χ3v) is 8.27. The van der Waals surface area contributed by atoms with Gasteiger partial charge in [0, 0.05) is 42.3 Å². The Bertz CT molecular complexity index is 1480. The first-order chi connectivity index (χ1) is 20.2. The monoisotopic (exact) mass is 577 g/mol. The average Bonchev–Trinajstić information content (AvgIpc) is 3.45. The standard InChI is InChI=1S/C28H32ClN7O.2C2H6/c1-18-9-10-22-20(16-18)26(32-28(29)31-22)35-11-5-4-8-24(35)23-17-25-30-21-7-3-2-6-19(21)27(36(25)33-23)34-12-14-37-15-13-34;2*1-2/h9-10,16-17,24H,2-8,11-15H2,1H3;2*1-2H3. The molecule has 1 unspecified atom stereocenters. The summed E-state index contributed by atoms with van der Waals surface area (Å²) >= 11 is 6.43. The van der Waals surface area contributed by atoms with Gasteiger partial charge < -0.3 is 14.5 Å². The van der Waals surface area contributed by atoms with E-state index in [-0.39, 0.29) is 11.3 Å². The zero-order chi connectivity index (χ0) is 28.9. The lowest BCUT2D eigenvalue weighted by Gasteiger charge is -2.36. The minimum atomic E-state index is 0.111. The molecule has 1 aromatic carbocycles. The highest BCUT2D eigenvalue weighted by molar-refractivity contribution is 6.28. The van der Waals surface area contributed by atoms with Crippen LogP contribution in [0, 0.1) is 6.92 Å². The number of nitrogens with zero attached hydrogens (tertiary/aromatic N) is 7. The van der Waals surface area contributed by atoms with Crippen molar-refractivity contribution in [2.45, 2.75) is 85.6 Å². The van der Waals surface area contributed by atoms with Crippen LogP contribution in [0.3, 0.4) is 0 Å². The molecule has 1 atom stereocenters. The van der Waals surface area contributed by atoms with Gasteiger partial charge in [0.15, 0.2) is 5.65 Å². The van der Waals surface area contributed by atoms with Gasteiger partial charge in [0.2, 0.25) is 5.28 Å². The Hall–Kier alpha value is -2.97. The molecule has 0 bridgehead atoms. The first kappa shape index (κ1) is 29.5. The molecule has 0 saturated carbocycles. The summed E-state index contributed by atoms with van der Waals surface area (Å²) in [6.07, 6.45) is 7.82. The molecular weight excluding hydrogens is 534 g/mol. The van der Waals surface area contributed by atoms with Gasteiger partial charge in [-0.1, -0.05) is 39.3 Å². The fourth-order valence-electron chi connectivity index (χ4n) is 6.32. The average molecular weight is 578 g/mol. The number of fused-ring (bicyclic) bond motifs is 3. The van der Waals surface area contributed by atoms with E-state index >= 15 is 0 Å². The summed E-state index contributed by atoms with van der Waals surface area (Å²) in [6, 6.07) is 8.60. The predicted molar refractivity (Wildman–Crippen MR) is 169 cm³/mol. The molecule has 2 fully saturated rings. The van der Waals surface area contributed by atoms with Gasteiger partial charge >= 0.3 is 0 Å². The highest BCUT2D eigenvalue weighted by atomic mass is 35.5. The number of rotatable bonds is 3. The van der Waals surface area contributed by atoms with E-state index in [1.807, 2.05) is 33.8 Å². The van der Waals surface area contributed by atoms with Crippen molar-refractivity contribution in [3.05, 3.63) is 52.1 Å². The Labute approximate surface area is 249 Å². The molecule has 2 aliphatic heterocycles. The fraction of sp³-hybridized carbons (Fsp3) is 0.562. The smallest absolute Gasteiger partial charge is 0.224 e. The van der Waals surface area contributed by atoms with Crippen LogP contribution in [0.5, 0.6) is 0 Å². The number of anilines is 2. The second kappa shape index (κ2) is 13.3. The highest BCUT2D eigenvalue weighted by Crippen LogP contribution is 2.39. The Morgan fingerprint density at radius 1 is 0.878 bits per heavy atom. The van der Waals surface area contributed by atoms with E-state index < -0.39 is 0 Å². The van der Waals surface area contributed by atoms with Gasteiger partial charge in [0.05, 0.1) is 30.5 Å². The lowest BCUT2D eigenvalue weighted by Crippen LogP contribution is -2.38. The number of hydrogen-bond donors (Lipinski definition) is 0. The van der Waals surface area contributed by atoms with Crippen molar-refractivity contribution in [2.75, 3.05) is 42.6 Å². The Kier molecular flexibility index (Phi) is 9.60. The largest absolute Gasteiger partial charge is 0.378 e. The zero-order valence-corrected chi connectivity index (χ0v) is 26.0. The van der Waals surface area contributed by atoms with Crippen LogP contribution in [-0.4, -0.2) is 57.4 Å². The van der Waals surface area contributed by atoms with Gasteiger partial charge in [-0.2, -0.15) is 14.6 Å². The first-order valence-corrected chi connectivity index (χ1v) is 16.0. The van der Waals surface area contributed by atoms with Crippen LogP contribution in [0.25, 0.3) is 16.6 Å². The van der Waals surface area contributed by atoms with E-state index in [0.717, 1.165) is 93.0 Å². The molecule has 4 aromatic rings. The van der Waals surface area contributed by atoms with Crippen LogP contribution in [0.4, 0.5) is 11.6 Å². The van der Waals surface area contributed by atoms with Crippen molar-refractivity contribution in [2.24, 2.45) is 0 Å². The summed E-state index contributed by atoms with van der Waals surface area (Å²) in [7, 11) is 0. The van der Waals surface area contributed by atoms with Crippen molar-refractivity contribution in [3.8, 4) is 0 Å². The lowest BCUT2D eigenvalue weighted by atomic mass is 9.96. The minimum Gasteiger partial charge on any atom is -0.378 e. The highest BCUT2D eigenvalue weighted by Gasteiger charge is 2.31. The molecule has 41 heavy (non-hydrogen) atoms. The number of piperidine rings is 1. The Balaban J connectivity index is 0.000000810. The molecular formula is C32H44ClN7O. The second-order valence-corrected chi connectivity index (χ2v) is 10.9. The van der Waals surface area contributed by atoms with Crippen LogP contribution in [0.2, 0.25) is 5.28 Å². The maximum Gasteiger partial charge on any atom is 0.224 e. The molecule has 3 aromatic heterocycles. The maximum atomic E-state index is 6.43. The third kappa shape index (κ3) is 5.86. The minimum absolute atomic E-state index is 0.111. The van der Waals surface area contributed by atoms with E-state index in [9.17, 15) is 0 Å². The SMILES string of the molecule is CC.CC.Cc1ccc2nc(Cl)nc(N3CCCCC3c3cc4nc5c(c(N6CCOCC6)n4n3)CCCC5)c2c1. The molecule has 0 amide bonds. The summed E-state index contributed by atoms with van der Waals surface area (Å²) in [5.74, 6) is 2.13. The summed E-state index contributed by atoms with van der Waals surface area (Å²) in [5.41, 5.74) is 6.69. The predicted octanol–water partition coefficient (Wildman–Crippen LogP) is 7.13. The van der Waals surface area contributed by atoms with Crippen molar-refractivity contribution in [1.82, 2.24) is 24.6 Å². The van der Waals surface area contributed by atoms with Gasteiger partial charge in [-0.3, -0.25) is 0 Å². The van der Waals surface area contributed by atoms with Crippen LogP contribution in [0.15, 0.2) is 24.3 Å². The summed E-state index contributed by atoms with van der Waals surface area (Å²) in [6.45, 7) is 14.3. The first-order valence-electron chi connectivity index (χ1n) is 15.6. The zero-order valence-electron chi connectivity index (χ0n) is 25.3. The van der Waals surface area contributed by atoms with Crippen molar-refractivity contribution in [3.63, 3.8) is 0 Å². The van der Waals surface area contributed by atoms with Crippen LogP contribution in [0.1, 0.15) is 88.4 Å². The molecule has 2 saturated heterocycles. The fourth-order valence-corrected chi connectivity index (χ4v) is 6.49. The van der Waals surface area contributed by atoms with Crippen LogP contribution in [-0.2, 0) is 17.6 Å². The summed E-state index contributed by atoms with van der Waals surface area (Å²) in [4.78, 5) is 19.2. The van der Waals surface area contributed by atoms with Gasteiger partial charge in [-0.05, 0) is 75.6 Å². The van der Waals surface area contributed by atoms with E-state index in [4.69, 9.17) is 31.4 Å². The van der Waals surface area contributed by atoms with E-state index in [2.05, 4.69) is 44.4 Å². The molecule has 9 heteroatoms. The Morgan fingerprint density at radius 3 is 2.46 bits per heavy atom. The second-order valence-electron chi connectivity index (χ2n) is 10.5. The topological polar surface area (TPSA) is 71.7 Å². The molecule has 0 radical (unpaired) electrons. The number of hydrogen-bond acceptors (Lipinski definition) is 7. The molecule has 7 rings (SSSR count). The summed E-state index contributed by atoms with van der Waals surface area (Å²) in [5, 5.41) is 6.60. The number of morpholine rings is 1.